The molecule has 0 radical (unpaired) electrons. The summed E-state index contributed by atoms with van der Waals surface area (Å²) < 4.78 is 16.4. The highest BCUT2D eigenvalue weighted by molar-refractivity contribution is 5.81. The third kappa shape index (κ3) is 8.98. The molecule has 1 aromatic rings. The lowest BCUT2D eigenvalue weighted by molar-refractivity contribution is -0.146. The molecular formula is C26H39NO8. The maximum atomic E-state index is 12.6. The SMILES string of the molecule is CCCC(=O)OCC(C)C(c1ccc(OC(=O)C(C)(C)C)c(OC(=O)C(C)(C)C)c1)[C@H](N)C(=O)O. The molecule has 9 heteroatoms. The van der Waals surface area contributed by atoms with Gasteiger partial charge in [0.25, 0.3) is 0 Å². The van der Waals surface area contributed by atoms with E-state index in [-0.39, 0.29) is 30.5 Å². The number of ether oxygens (including phenoxy) is 3. The molecule has 2 unspecified atom stereocenters. The zero-order chi connectivity index (χ0) is 27.1. The smallest absolute Gasteiger partial charge is 0.321 e. The Balaban J connectivity index is 3.47. The Labute approximate surface area is 207 Å². The third-order valence-corrected chi connectivity index (χ3v) is 5.23. The van der Waals surface area contributed by atoms with Gasteiger partial charge < -0.3 is 25.1 Å². The summed E-state index contributed by atoms with van der Waals surface area (Å²) in [6.07, 6.45) is 0.881. The topological polar surface area (TPSA) is 142 Å². The fraction of sp³-hybridized carbons (Fsp3) is 0.615. The van der Waals surface area contributed by atoms with Crippen LogP contribution in [-0.4, -0.2) is 41.6 Å². The first-order chi connectivity index (χ1) is 16.0. The van der Waals surface area contributed by atoms with Gasteiger partial charge in [-0.05, 0) is 71.6 Å². The number of nitrogens with two attached hydrogens (primary N) is 1. The van der Waals surface area contributed by atoms with E-state index in [1.807, 2.05) is 6.92 Å². The maximum absolute atomic E-state index is 12.6. The molecule has 0 aliphatic rings. The Hall–Kier alpha value is -2.94. The zero-order valence-electron chi connectivity index (χ0n) is 22.0. The largest absolute Gasteiger partial charge is 0.480 e. The molecule has 1 aromatic carbocycles. The fourth-order valence-corrected chi connectivity index (χ4v) is 3.05. The number of carboxylic acids is 1. The second-order valence-electron chi connectivity index (χ2n) is 10.8. The lowest BCUT2D eigenvalue weighted by atomic mass is 9.82. The summed E-state index contributed by atoms with van der Waals surface area (Å²) in [4.78, 5) is 48.7. The number of esters is 3. The average Bonchev–Trinajstić information content (AvgIpc) is 2.72. The van der Waals surface area contributed by atoms with Crippen LogP contribution in [-0.2, 0) is 23.9 Å². The Bertz CT molecular complexity index is 926. The highest BCUT2D eigenvalue weighted by atomic mass is 16.6. The third-order valence-electron chi connectivity index (χ3n) is 5.23. The Kier molecular flexibility index (Phi) is 10.4. The van der Waals surface area contributed by atoms with Gasteiger partial charge in [-0.2, -0.15) is 0 Å². The van der Waals surface area contributed by atoms with E-state index in [4.69, 9.17) is 19.9 Å². The molecule has 0 amide bonds. The zero-order valence-corrected chi connectivity index (χ0v) is 22.0. The van der Waals surface area contributed by atoms with Crippen LogP contribution in [0.2, 0.25) is 0 Å². The highest BCUT2D eigenvalue weighted by Gasteiger charge is 2.34. The molecule has 0 saturated carbocycles. The molecule has 0 fully saturated rings. The molecule has 196 valence electrons. The van der Waals surface area contributed by atoms with Crippen molar-refractivity contribution in [2.75, 3.05) is 6.61 Å². The van der Waals surface area contributed by atoms with Gasteiger partial charge in [0.1, 0.15) is 6.04 Å². The van der Waals surface area contributed by atoms with Gasteiger partial charge in [0.15, 0.2) is 11.5 Å². The van der Waals surface area contributed by atoms with E-state index in [1.54, 1.807) is 54.5 Å². The van der Waals surface area contributed by atoms with Gasteiger partial charge in [0.2, 0.25) is 0 Å². The Morgan fingerprint density at radius 2 is 1.46 bits per heavy atom. The van der Waals surface area contributed by atoms with Crippen molar-refractivity contribution in [3.8, 4) is 11.5 Å². The van der Waals surface area contributed by atoms with Crippen LogP contribution in [0.1, 0.15) is 79.7 Å². The monoisotopic (exact) mass is 493 g/mol. The Morgan fingerprint density at radius 3 is 1.91 bits per heavy atom. The van der Waals surface area contributed by atoms with Crippen LogP contribution in [0.4, 0.5) is 0 Å². The molecule has 0 saturated heterocycles. The number of benzene rings is 1. The van der Waals surface area contributed by atoms with E-state index in [9.17, 15) is 24.3 Å². The summed E-state index contributed by atoms with van der Waals surface area (Å²) in [5.41, 5.74) is 4.80. The minimum absolute atomic E-state index is 0.0240. The lowest BCUT2D eigenvalue weighted by Crippen LogP contribution is -2.40. The summed E-state index contributed by atoms with van der Waals surface area (Å²) in [7, 11) is 0. The van der Waals surface area contributed by atoms with Crippen LogP contribution in [0, 0.1) is 16.7 Å². The Morgan fingerprint density at radius 1 is 0.943 bits per heavy atom. The number of rotatable bonds is 10. The van der Waals surface area contributed by atoms with Crippen molar-refractivity contribution in [3.63, 3.8) is 0 Å². The molecule has 0 aromatic heterocycles. The van der Waals surface area contributed by atoms with E-state index >= 15 is 0 Å². The summed E-state index contributed by atoms with van der Waals surface area (Å²) in [5.74, 6) is -3.99. The molecule has 0 spiro atoms. The van der Waals surface area contributed by atoms with Crippen molar-refractivity contribution in [1.29, 1.82) is 0 Å². The van der Waals surface area contributed by atoms with Crippen molar-refractivity contribution < 1.29 is 38.5 Å². The van der Waals surface area contributed by atoms with Gasteiger partial charge in [-0.1, -0.05) is 19.9 Å². The molecule has 9 nitrogen and oxygen atoms in total. The van der Waals surface area contributed by atoms with Gasteiger partial charge >= 0.3 is 23.9 Å². The van der Waals surface area contributed by atoms with Gasteiger partial charge in [-0.3, -0.25) is 19.2 Å². The van der Waals surface area contributed by atoms with E-state index in [1.165, 1.54) is 12.1 Å². The van der Waals surface area contributed by atoms with Crippen LogP contribution in [0.3, 0.4) is 0 Å². The molecule has 0 aliphatic heterocycles. The van der Waals surface area contributed by atoms with Crippen LogP contribution in [0.25, 0.3) is 0 Å². The second kappa shape index (κ2) is 12.2. The van der Waals surface area contributed by atoms with E-state index in [0.717, 1.165) is 0 Å². The number of aliphatic carboxylic acids is 1. The summed E-state index contributed by atoms with van der Waals surface area (Å²) in [6.45, 7) is 13.6. The minimum atomic E-state index is -1.33. The lowest BCUT2D eigenvalue weighted by Gasteiger charge is -2.28. The number of carbonyl (C=O) groups excluding carboxylic acids is 3. The molecule has 1 rings (SSSR count). The minimum Gasteiger partial charge on any atom is -0.480 e. The summed E-state index contributed by atoms with van der Waals surface area (Å²) in [5, 5.41) is 9.62. The van der Waals surface area contributed by atoms with Crippen molar-refractivity contribution in [2.45, 2.75) is 80.2 Å². The van der Waals surface area contributed by atoms with Gasteiger partial charge in [0, 0.05) is 12.3 Å². The van der Waals surface area contributed by atoms with Crippen molar-refractivity contribution >= 4 is 23.9 Å². The summed E-state index contributed by atoms with van der Waals surface area (Å²) >= 11 is 0. The van der Waals surface area contributed by atoms with Gasteiger partial charge in [0.05, 0.1) is 17.4 Å². The number of carboxylic acid groups (broad SMARTS) is 1. The molecular weight excluding hydrogens is 454 g/mol. The molecule has 0 heterocycles. The average molecular weight is 494 g/mol. The number of carbonyl (C=O) groups is 4. The molecule has 35 heavy (non-hydrogen) atoms. The first-order valence-corrected chi connectivity index (χ1v) is 11.7. The van der Waals surface area contributed by atoms with Crippen LogP contribution < -0.4 is 15.2 Å². The highest BCUT2D eigenvalue weighted by Crippen LogP contribution is 2.37. The van der Waals surface area contributed by atoms with Crippen LogP contribution >= 0.6 is 0 Å². The number of hydrogen-bond acceptors (Lipinski definition) is 8. The first kappa shape index (κ1) is 30.1. The van der Waals surface area contributed by atoms with E-state index < -0.39 is 46.6 Å². The van der Waals surface area contributed by atoms with Crippen molar-refractivity contribution in [3.05, 3.63) is 23.8 Å². The summed E-state index contributed by atoms with van der Waals surface area (Å²) in [6, 6.07) is 3.13. The fourth-order valence-electron chi connectivity index (χ4n) is 3.05. The molecule has 0 bridgehead atoms. The van der Waals surface area contributed by atoms with Crippen molar-refractivity contribution in [2.24, 2.45) is 22.5 Å². The molecule has 0 aliphatic carbocycles. The van der Waals surface area contributed by atoms with Crippen LogP contribution in [0.5, 0.6) is 11.5 Å². The van der Waals surface area contributed by atoms with Crippen LogP contribution in [0.15, 0.2) is 18.2 Å². The second-order valence-corrected chi connectivity index (χ2v) is 10.8. The van der Waals surface area contributed by atoms with Gasteiger partial charge in [-0.25, -0.2) is 0 Å². The van der Waals surface area contributed by atoms with Gasteiger partial charge in [-0.15, -0.1) is 0 Å². The normalized spacial score (nSPS) is 14.4. The predicted octanol–water partition coefficient (Wildman–Crippen LogP) is 4.06. The predicted molar refractivity (Wildman–Crippen MR) is 130 cm³/mol. The number of hydrogen-bond donors (Lipinski definition) is 2. The van der Waals surface area contributed by atoms with E-state index in [0.29, 0.717) is 12.0 Å². The molecule has 3 atom stereocenters. The first-order valence-electron chi connectivity index (χ1n) is 11.7. The van der Waals surface area contributed by atoms with Crippen molar-refractivity contribution in [1.82, 2.24) is 0 Å². The molecule has 3 N–H and O–H groups in total. The standard InChI is InChI=1S/C26H39NO8/c1-9-10-19(28)33-14-15(2)20(21(27)22(29)30)16-11-12-17(34-23(31)25(3,4)5)18(13-16)35-24(32)26(6,7)8/h11-13,15,20-21H,9-10,14,27H2,1-8H3,(H,29,30)/t15?,20?,21-/m0/s1. The van der Waals surface area contributed by atoms with E-state index in [2.05, 4.69) is 0 Å². The quantitative estimate of drug-likeness (QED) is 0.364. The maximum Gasteiger partial charge on any atom is 0.321 e.